The summed E-state index contributed by atoms with van der Waals surface area (Å²) in [6.45, 7) is 3.99. The minimum absolute atomic E-state index is 0.00175. The molecule has 1 unspecified atom stereocenters. The average molecular weight is 365 g/mol. The molecule has 0 aliphatic carbocycles. The molecule has 0 amide bonds. The van der Waals surface area contributed by atoms with Crippen molar-refractivity contribution >= 4 is 0 Å². The molecule has 10 nitrogen and oxygen atoms in total. The summed E-state index contributed by atoms with van der Waals surface area (Å²) < 4.78 is 9.57. The van der Waals surface area contributed by atoms with Gasteiger partial charge in [-0.15, -0.1) is 5.10 Å². The molecule has 1 aliphatic rings. The first-order chi connectivity index (χ1) is 12.4. The molecule has 3 rings (SSSR count). The van der Waals surface area contributed by atoms with E-state index in [4.69, 9.17) is 4.74 Å². The normalized spacial score (nSPS) is 22.8. The summed E-state index contributed by atoms with van der Waals surface area (Å²) in [6.07, 6.45) is 1.83. The Hall–Kier alpha value is -2.30. The second kappa shape index (κ2) is 7.52. The van der Waals surface area contributed by atoms with Gasteiger partial charge in [-0.25, -0.2) is 4.79 Å². The first-order valence-electron chi connectivity index (χ1n) is 8.60. The molecule has 3 heterocycles. The third-order valence-corrected chi connectivity index (χ3v) is 4.42. The summed E-state index contributed by atoms with van der Waals surface area (Å²) in [7, 11) is 0. The first kappa shape index (κ1) is 18.5. The molecule has 1 saturated heterocycles. The number of aryl methyl sites for hydroxylation is 2. The van der Waals surface area contributed by atoms with E-state index in [0.717, 1.165) is 11.0 Å². The zero-order chi connectivity index (χ0) is 18.8. The number of aromatic nitrogens is 5. The molecule has 142 valence electrons. The van der Waals surface area contributed by atoms with Crippen LogP contribution in [0, 0.1) is 6.92 Å². The second-order valence-electron chi connectivity index (χ2n) is 6.48. The van der Waals surface area contributed by atoms with E-state index >= 15 is 0 Å². The molecule has 3 atom stereocenters. The quantitative estimate of drug-likeness (QED) is 0.673. The summed E-state index contributed by atoms with van der Waals surface area (Å²) in [5.41, 5.74) is -0.0820. The number of nitrogens with zero attached hydrogens (tertiary/aromatic N) is 5. The molecule has 2 N–H and O–H groups in total. The monoisotopic (exact) mass is 365 g/mol. The molecular formula is C16H23N5O5. The first-order valence-corrected chi connectivity index (χ1v) is 8.60. The van der Waals surface area contributed by atoms with E-state index in [1.165, 1.54) is 10.8 Å². The van der Waals surface area contributed by atoms with Crippen molar-refractivity contribution in [3.8, 4) is 0 Å². The van der Waals surface area contributed by atoms with Crippen molar-refractivity contribution in [2.45, 2.75) is 58.2 Å². The highest BCUT2D eigenvalue weighted by molar-refractivity contribution is 5.06. The Morgan fingerprint density at radius 2 is 2.12 bits per heavy atom. The molecule has 1 fully saturated rings. The van der Waals surface area contributed by atoms with E-state index in [1.54, 1.807) is 17.8 Å². The minimum atomic E-state index is -0.869. The van der Waals surface area contributed by atoms with Gasteiger partial charge < -0.3 is 14.9 Å². The van der Waals surface area contributed by atoms with E-state index in [9.17, 15) is 19.8 Å². The van der Waals surface area contributed by atoms with Crippen LogP contribution >= 0.6 is 0 Å². The van der Waals surface area contributed by atoms with Crippen molar-refractivity contribution in [2.24, 2.45) is 0 Å². The zero-order valence-corrected chi connectivity index (χ0v) is 14.8. The van der Waals surface area contributed by atoms with Crippen molar-refractivity contribution in [3.63, 3.8) is 0 Å². The van der Waals surface area contributed by atoms with E-state index in [2.05, 4.69) is 10.3 Å². The summed E-state index contributed by atoms with van der Waals surface area (Å²) in [5, 5.41) is 27.1. The highest BCUT2D eigenvalue weighted by atomic mass is 16.5. The molecule has 10 heteroatoms. The third kappa shape index (κ3) is 3.48. The fraction of sp³-hybridized carbons (Fsp3) is 0.625. The van der Waals surface area contributed by atoms with Gasteiger partial charge in [0, 0.05) is 24.7 Å². The molecule has 0 bridgehead atoms. The van der Waals surface area contributed by atoms with Crippen molar-refractivity contribution in [3.05, 3.63) is 44.5 Å². The van der Waals surface area contributed by atoms with Gasteiger partial charge in [-0.05, 0) is 13.3 Å². The van der Waals surface area contributed by atoms with Gasteiger partial charge in [0.1, 0.15) is 18.0 Å². The predicted octanol–water partition coefficient (Wildman–Crippen LogP) is -0.991. The van der Waals surface area contributed by atoms with Crippen LogP contribution in [0.25, 0.3) is 0 Å². The van der Waals surface area contributed by atoms with Gasteiger partial charge >= 0.3 is 5.69 Å². The smallest absolute Gasteiger partial charge is 0.333 e. The lowest BCUT2D eigenvalue weighted by Crippen LogP contribution is -2.42. The molecule has 0 saturated carbocycles. The molecule has 0 radical (unpaired) electrons. The summed E-state index contributed by atoms with van der Waals surface area (Å²) >= 11 is 0. The van der Waals surface area contributed by atoms with E-state index < -0.39 is 29.7 Å². The molecule has 1 aliphatic heterocycles. The maximum Gasteiger partial charge on any atom is 0.333 e. The summed E-state index contributed by atoms with van der Waals surface area (Å²) in [5.74, 6) is 0. The SMILES string of the molecule is CCCn1cc(Cn2c(=O)c(C)cn([C@H]3CC(O)[C@@H](CO)O3)c2=O)nn1. The Kier molecular flexibility index (Phi) is 5.35. The number of rotatable bonds is 6. The lowest BCUT2D eigenvalue weighted by Gasteiger charge is -2.17. The Morgan fingerprint density at radius 3 is 2.77 bits per heavy atom. The van der Waals surface area contributed by atoms with Crippen LogP contribution in [0.1, 0.15) is 37.3 Å². The van der Waals surface area contributed by atoms with Crippen LogP contribution in [-0.2, 0) is 17.8 Å². The Balaban J connectivity index is 1.94. The third-order valence-electron chi connectivity index (χ3n) is 4.42. The number of aliphatic hydroxyl groups is 2. The van der Waals surface area contributed by atoms with Crippen LogP contribution in [0.15, 0.2) is 22.0 Å². The highest BCUT2D eigenvalue weighted by Crippen LogP contribution is 2.27. The van der Waals surface area contributed by atoms with Crippen molar-refractivity contribution < 1.29 is 14.9 Å². The number of ether oxygens (including phenoxy) is 1. The minimum Gasteiger partial charge on any atom is -0.394 e. The van der Waals surface area contributed by atoms with Crippen LogP contribution in [-0.4, -0.2) is 53.2 Å². The van der Waals surface area contributed by atoms with Gasteiger partial charge in [-0.1, -0.05) is 12.1 Å². The Morgan fingerprint density at radius 1 is 1.35 bits per heavy atom. The van der Waals surface area contributed by atoms with Crippen molar-refractivity contribution in [2.75, 3.05) is 6.61 Å². The molecule has 2 aromatic heterocycles. The van der Waals surface area contributed by atoms with Gasteiger partial charge in [-0.3, -0.25) is 18.6 Å². The van der Waals surface area contributed by atoms with E-state index in [1.807, 2.05) is 6.92 Å². The van der Waals surface area contributed by atoms with Crippen LogP contribution < -0.4 is 11.2 Å². The lowest BCUT2D eigenvalue weighted by atomic mass is 10.2. The van der Waals surface area contributed by atoms with Crippen LogP contribution in [0.4, 0.5) is 0 Å². The number of hydrogen-bond donors (Lipinski definition) is 2. The average Bonchev–Trinajstić information content (AvgIpc) is 3.21. The Bertz CT molecular complexity index is 886. The second-order valence-corrected chi connectivity index (χ2v) is 6.48. The fourth-order valence-electron chi connectivity index (χ4n) is 3.07. The Labute approximate surface area is 149 Å². The maximum atomic E-state index is 12.8. The van der Waals surface area contributed by atoms with Gasteiger partial charge in [0.2, 0.25) is 0 Å². The summed E-state index contributed by atoms with van der Waals surface area (Å²) in [6, 6.07) is 0. The van der Waals surface area contributed by atoms with Gasteiger partial charge in [0.05, 0.1) is 25.5 Å². The van der Waals surface area contributed by atoms with Crippen LogP contribution in [0.3, 0.4) is 0 Å². The van der Waals surface area contributed by atoms with Crippen LogP contribution in [0.2, 0.25) is 0 Å². The summed E-state index contributed by atoms with van der Waals surface area (Å²) in [4.78, 5) is 25.3. The van der Waals surface area contributed by atoms with Crippen molar-refractivity contribution in [1.29, 1.82) is 0 Å². The topological polar surface area (TPSA) is 124 Å². The van der Waals surface area contributed by atoms with Gasteiger partial charge in [0.15, 0.2) is 0 Å². The molecular weight excluding hydrogens is 342 g/mol. The number of aliphatic hydroxyl groups excluding tert-OH is 2. The van der Waals surface area contributed by atoms with E-state index in [0.29, 0.717) is 17.8 Å². The van der Waals surface area contributed by atoms with Crippen LogP contribution in [0.5, 0.6) is 0 Å². The molecule has 26 heavy (non-hydrogen) atoms. The highest BCUT2D eigenvalue weighted by Gasteiger charge is 2.35. The standard InChI is InChI=1S/C16H23N5O5/c1-3-4-19-7-11(17-18-19)8-21-15(24)10(2)6-20(16(21)25)14-5-12(23)13(9-22)26-14/h6-7,12-14,22-23H,3-5,8-9H2,1-2H3/t12?,13-,14-/m1/s1. The zero-order valence-electron chi connectivity index (χ0n) is 14.8. The van der Waals surface area contributed by atoms with Crippen molar-refractivity contribution in [1.82, 2.24) is 24.1 Å². The van der Waals surface area contributed by atoms with Gasteiger partial charge in [-0.2, -0.15) is 0 Å². The molecule has 2 aromatic rings. The largest absolute Gasteiger partial charge is 0.394 e. The van der Waals surface area contributed by atoms with E-state index in [-0.39, 0.29) is 19.6 Å². The fourth-order valence-corrected chi connectivity index (χ4v) is 3.07. The molecule has 0 spiro atoms. The van der Waals surface area contributed by atoms with Gasteiger partial charge in [0.25, 0.3) is 5.56 Å². The maximum absolute atomic E-state index is 12.8. The number of hydrogen-bond acceptors (Lipinski definition) is 7. The predicted molar refractivity (Wildman–Crippen MR) is 90.7 cm³/mol. The molecule has 0 aromatic carbocycles. The lowest BCUT2D eigenvalue weighted by molar-refractivity contribution is -0.0463.